The number of piperazine rings is 1. The number of hydroxylamine groups is 1. The minimum atomic E-state index is -4.43. The molecule has 154 valence electrons. The zero-order chi connectivity index (χ0) is 21.2. The average molecular weight is 410 g/mol. The summed E-state index contributed by atoms with van der Waals surface area (Å²) in [5, 5.41) is 20.1. The Kier molecular flexibility index (Phi) is 5.59. The van der Waals surface area contributed by atoms with Gasteiger partial charge in [-0.15, -0.1) is 0 Å². The zero-order valence-corrected chi connectivity index (χ0v) is 15.0. The van der Waals surface area contributed by atoms with Crippen molar-refractivity contribution >= 4 is 23.0 Å². The molecule has 3 rings (SSSR count). The smallest absolute Gasteiger partial charge is 0.368 e. The standard InChI is InChI=1S/C18H17F3N4O4/c19-18(20,21)13-2-1-3-14(11-13)23-6-8-24(9-7-23)15-5-4-12(17(26)22-27)10-16(15)25(28)29/h1-5,10-11,27H,6-9H2,(H,22,26). The van der Waals surface area contributed by atoms with Crippen LogP contribution in [0.25, 0.3) is 0 Å². The lowest BCUT2D eigenvalue weighted by Gasteiger charge is -2.37. The molecular formula is C18H17F3N4O4. The van der Waals surface area contributed by atoms with E-state index in [2.05, 4.69) is 0 Å². The summed E-state index contributed by atoms with van der Waals surface area (Å²) in [6, 6.07) is 8.87. The van der Waals surface area contributed by atoms with Crippen LogP contribution < -0.4 is 15.3 Å². The molecule has 11 heteroatoms. The van der Waals surface area contributed by atoms with Crippen molar-refractivity contribution in [3.8, 4) is 0 Å². The van der Waals surface area contributed by atoms with Gasteiger partial charge in [0.25, 0.3) is 11.6 Å². The van der Waals surface area contributed by atoms with Crippen LogP contribution in [-0.4, -0.2) is 42.2 Å². The molecule has 1 aliphatic rings. The number of halogens is 3. The summed E-state index contributed by atoms with van der Waals surface area (Å²) in [6.07, 6.45) is -4.43. The molecule has 1 saturated heterocycles. The van der Waals surface area contributed by atoms with Crippen molar-refractivity contribution in [1.82, 2.24) is 5.48 Å². The van der Waals surface area contributed by atoms with Gasteiger partial charge in [-0.05, 0) is 30.3 Å². The fraction of sp³-hybridized carbons (Fsp3) is 0.278. The summed E-state index contributed by atoms with van der Waals surface area (Å²) >= 11 is 0. The minimum absolute atomic E-state index is 0.0643. The molecule has 0 radical (unpaired) electrons. The highest BCUT2D eigenvalue weighted by Gasteiger charge is 2.31. The summed E-state index contributed by atoms with van der Waals surface area (Å²) in [6.45, 7) is 1.44. The molecule has 0 spiro atoms. The summed E-state index contributed by atoms with van der Waals surface area (Å²) in [5.74, 6) is -0.867. The summed E-state index contributed by atoms with van der Waals surface area (Å²) < 4.78 is 38.8. The maximum Gasteiger partial charge on any atom is 0.416 e. The van der Waals surface area contributed by atoms with Gasteiger partial charge in [0.1, 0.15) is 5.69 Å². The Morgan fingerprint density at radius 1 is 1.07 bits per heavy atom. The second-order valence-corrected chi connectivity index (χ2v) is 6.42. The van der Waals surface area contributed by atoms with Crippen LogP contribution in [0.2, 0.25) is 0 Å². The van der Waals surface area contributed by atoms with Crippen molar-refractivity contribution < 1.29 is 28.1 Å². The molecule has 0 aromatic heterocycles. The van der Waals surface area contributed by atoms with Crippen molar-refractivity contribution in [2.24, 2.45) is 0 Å². The van der Waals surface area contributed by atoms with Crippen LogP contribution in [0.1, 0.15) is 15.9 Å². The first-order valence-corrected chi connectivity index (χ1v) is 8.60. The number of nitrogens with zero attached hydrogens (tertiary/aromatic N) is 3. The van der Waals surface area contributed by atoms with Gasteiger partial charge in [0.15, 0.2) is 0 Å². The fourth-order valence-corrected chi connectivity index (χ4v) is 3.23. The Labute approximate surface area is 163 Å². The number of benzene rings is 2. The number of nitro groups is 1. The Morgan fingerprint density at radius 3 is 2.31 bits per heavy atom. The highest BCUT2D eigenvalue weighted by Crippen LogP contribution is 2.33. The van der Waals surface area contributed by atoms with Crippen LogP contribution in [0.3, 0.4) is 0 Å². The number of nitro benzene ring substituents is 1. The van der Waals surface area contributed by atoms with Gasteiger partial charge in [-0.3, -0.25) is 20.1 Å². The molecular weight excluding hydrogens is 393 g/mol. The van der Waals surface area contributed by atoms with Crippen molar-refractivity contribution in [3.63, 3.8) is 0 Å². The zero-order valence-electron chi connectivity index (χ0n) is 15.0. The Balaban J connectivity index is 1.77. The largest absolute Gasteiger partial charge is 0.416 e. The number of rotatable bonds is 4. The van der Waals surface area contributed by atoms with Crippen LogP contribution >= 0.6 is 0 Å². The van der Waals surface area contributed by atoms with Gasteiger partial charge in [0.05, 0.1) is 10.5 Å². The number of carbonyl (C=O) groups is 1. The van der Waals surface area contributed by atoms with Crippen molar-refractivity contribution in [3.05, 3.63) is 63.7 Å². The molecule has 0 bridgehead atoms. The minimum Gasteiger partial charge on any atom is -0.368 e. The molecule has 2 N–H and O–H groups in total. The number of alkyl halides is 3. The number of carbonyl (C=O) groups excluding carboxylic acids is 1. The molecule has 0 unspecified atom stereocenters. The number of nitrogens with one attached hydrogen (secondary N) is 1. The number of hydrogen-bond acceptors (Lipinski definition) is 6. The van der Waals surface area contributed by atoms with Gasteiger partial charge in [0, 0.05) is 43.5 Å². The highest BCUT2D eigenvalue weighted by molar-refractivity contribution is 5.95. The molecule has 8 nitrogen and oxygen atoms in total. The van der Waals surface area contributed by atoms with Crippen molar-refractivity contribution in [1.29, 1.82) is 0 Å². The molecule has 2 aromatic carbocycles. The Hall–Kier alpha value is -3.34. The molecule has 0 saturated carbocycles. The first-order valence-electron chi connectivity index (χ1n) is 8.60. The lowest BCUT2D eigenvalue weighted by Crippen LogP contribution is -2.46. The lowest BCUT2D eigenvalue weighted by molar-refractivity contribution is -0.384. The number of amides is 1. The van der Waals surface area contributed by atoms with Gasteiger partial charge in [-0.2, -0.15) is 13.2 Å². The van der Waals surface area contributed by atoms with E-state index in [0.29, 0.717) is 37.6 Å². The topological polar surface area (TPSA) is 99.0 Å². The van der Waals surface area contributed by atoms with Crippen molar-refractivity contribution in [2.45, 2.75) is 6.18 Å². The van der Waals surface area contributed by atoms with Gasteiger partial charge in [-0.25, -0.2) is 5.48 Å². The van der Waals surface area contributed by atoms with E-state index < -0.39 is 22.6 Å². The average Bonchev–Trinajstić information content (AvgIpc) is 2.72. The third-order valence-corrected chi connectivity index (χ3v) is 4.69. The predicted octanol–water partition coefficient (Wildman–Crippen LogP) is 3.06. The molecule has 2 aromatic rings. The monoisotopic (exact) mass is 410 g/mol. The van der Waals surface area contributed by atoms with E-state index in [9.17, 15) is 28.1 Å². The predicted molar refractivity (Wildman–Crippen MR) is 98.2 cm³/mol. The molecule has 29 heavy (non-hydrogen) atoms. The number of anilines is 2. The van der Waals surface area contributed by atoms with Gasteiger partial charge in [0.2, 0.25) is 0 Å². The van der Waals surface area contributed by atoms with E-state index in [1.54, 1.807) is 15.9 Å². The molecule has 1 fully saturated rings. The van der Waals surface area contributed by atoms with Crippen LogP contribution in [0.5, 0.6) is 0 Å². The third-order valence-electron chi connectivity index (χ3n) is 4.69. The van der Waals surface area contributed by atoms with Gasteiger partial charge < -0.3 is 9.80 Å². The van der Waals surface area contributed by atoms with E-state index in [1.807, 2.05) is 0 Å². The third kappa shape index (κ3) is 4.40. The molecule has 1 amide bonds. The van der Waals surface area contributed by atoms with Crippen molar-refractivity contribution in [2.75, 3.05) is 36.0 Å². The van der Waals surface area contributed by atoms with Gasteiger partial charge in [-0.1, -0.05) is 6.07 Å². The Bertz CT molecular complexity index is 928. The fourth-order valence-electron chi connectivity index (χ4n) is 3.23. The van der Waals surface area contributed by atoms with Crippen LogP contribution in [0, 0.1) is 10.1 Å². The van der Waals surface area contributed by atoms with Crippen LogP contribution in [0.4, 0.5) is 30.2 Å². The molecule has 0 atom stereocenters. The van der Waals surface area contributed by atoms with Gasteiger partial charge >= 0.3 is 6.18 Å². The quantitative estimate of drug-likeness (QED) is 0.457. The maximum atomic E-state index is 12.9. The maximum absolute atomic E-state index is 12.9. The van der Waals surface area contributed by atoms with Crippen LogP contribution in [-0.2, 0) is 6.18 Å². The normalized spacial score (nSPS) is 14.6. The highest BCUT2D eigenvalue weighted by atomic mass is 19.4. The molecule has 1 heterocycles. The summed E-state index contributed by atoms with van der Waals surface area (Å²) in [4.78, 5) is 25.8. The first kappa shape index (κ1) is 20.4. The summed E-state index contributed by atoms with van der Waals surface area (Å²) in [7, 11) is 0. The first-order chi connectivity index (χ1) is 13.7. The van der Waals surface area contributed by atoms with E-state index in [4.69, 9.17) is 5.21 Å². The summed E-state index contributed by atoms with van der Waals surface area (Å²) in [5.41, 5.74) is 1.07. The van der Waals surface area contributed by atoms with E-state index in [0.717, 1.165) is 18.2 Å². The lowest BCUT2D eigenvalue weighted by atomic mass is 10.1. The number of hydrogen-bond donors (Lipinski definition) is 2. The van der Waals surface area contributed by atoms with E-state index >= 15 is 0 Å². The molecule has 0 aliphatic carbocycles. The van der Waals surface area contributed by atoms with Crippen LogP contribution in [0.15, 0.2) is 42.5 Å². The second-order valence-electron chi connectivity index (χ2n) is 6.42. The Morgan fingerprint density at radius 2 is 1.72 bits per heavy atom. The SMILES string of the molecule is O=C(NO)c1ccc(N2CCN(c3cccc(C(F)(F)F)c3)CC2)c([N+](=O)[O-])c1. The second kappa shape index (κ2) is 7.95. The van der Waals surface area contributed by atoms with E-state index in [-0.39, 0.29) is 11.3 Å². The molecule has 1 aliphatic heterocycles. The van der Waals surface area contributed by atoms with E-state index in [1.165, 1.54) is 23.7 Å².